The number of hydrogen-bond acceptors (Lipinski definition) is 4. The van der Waals surface area contributed by atoms with Crippen molar-refractivity contribution in [2.75, 3.05) is 5.32 Å². The average molecular weight is 381 g/mol. The van der Waals surface area contributed by atoms with Gasteiger partial charge >= 0.3 is 5.76 Å². The van der Waals surface area contributed by atoms with E-state index >= 15 is 0 Å². The summed E-state index contributed by atoms with van der Waals surface area (Å²) in [7, 11) is 1.58. The Labute approximate surface area is 157 Å². The van der Waals surface area contributed by atoms with E-state index in [2.05, 4.69) is 10.3 Å². The van der Waals surface area contributed by atoms with Crippen molar-refractivity contribution in [3.05, 3.63) is 82.5 Å². The van der Waals surface area contributed by atoms with Crippen molar-refractivity contribution in [3.63, 3.8) is 0 Å². The van der Waals surface area contributed by atoms with E-state index in [0.717, 1.165) is 23.3 Å². The minimum atomic E-state index is -0.931. The van der Waals surface area contributed by atoms with Crippen LogP contribution in [-0.2, 0) is 7.05 Å². The Balaban J connectivity index is 1.60. The highest BCUT2D eigenvalue weighted by Gasteiger charge is 2.17. The molecule has 28 heavy (non-hydrogen) atoms. The van der Waals surface area contributed by atoms with Crippen molar-refractivity contribution in [2.45, 2.75) is 0 Å². The highest BCUT2D eigenvalue weighted by Crippen LogP contribution is 2.24. The molecule has 4 rings (SSSR count). The summed E-state index contributed by atoms with van der Waals surface area (Å²) >= 11 is 0. The zero-order valence-corrected chi connectivity index (χ0v) is 14.6. The number of nitrogens with one attached hydrogen (secondary N) is 1. The maximum absolute atomic E-state index is 13.7. The third-order valence-electron chi connectivity index (χ3n) is 4.32. The van der Waals surface area contributed by atoms with Crippen LogP contribution in [0.1, 0.15) is 10.4 Å². The molecule has 0 spiro atoms. The first-order chi connectivity index (χ1) is 13.4. The maximum Gasteiger partial charge on any atom is 0.421 e. The third-order valence-corrected chi connectivity index (χ3v) is 4.32. The van der Waals surface area contributed by atoms with Crippen molar-refractivity contribution < 1.29 is 18.0 Å². The molecule has 8 heteroatoms. The van der Waals surface area contributed by atoms with Crippen molar-refractivity contribution in [3.8, 4) is 11.1 Å². The minimum absolute atomic E-state index is 0.243. The first-order valence-corrected chi connectivity index (χ1v) is 8.25. The molecule has 0 unspecified atom stereocenters. The van der Waals surface area contributed by atoms with Crippen LogP contribution in [0.2, 0.25) is 0 Å². The number of nitrogens with zero attached hydrogens (tertiary/aromatic N) is 2. The molecular formula is C20H13F2N3O3. The topological polar surface area (TPSA) is 77.1 Å². The highest BCUT2D eigenvalue weighted by molar-refractivity contribution is 6.04. The van der Waals surface area contributed by atoms with Gasteiger partial charge < -0.3 is 9.73 Å². The van der Waals surface area contributed by atoms with Crippen LogP contribution in [0, 0.1) is 11.6 Å². The van der Waals surface area contributed by atoms with E-state index < -0.39 is 28.9 Å². The number of amides is 1. The van der Waals surface area contributed by atoms with E-state index in [0.29, 0.717) is 11.2 Å². The summed E-state index contributed by atoms with van der Waals surface area (Å²) in [5.41, 5.74) is 2.05. The molecule has 0 aliphatic rings. The minimum Gasteiger partial charge on any atom is -0.389 e. The van der Waals surface area contributed by atoms with Gasteiger partial charge in [-0.2, -0.15) is 0 Å². The number of aromatic nitrogens is 2. The van der Waals surface area contributed by atoms with Crippen LogP contribution in [0.4, 0.5) is 14.5 Å². The summed E-state index contributed by atoms with van der Waals surface area (Å²) in [6, 6.07) is 11.6. The molecule has 4 aromatic rings. The van der Waals surface area contributed by atoms with Crippen molar-refractivity contribution in [2.24, 2.45) is 7.05 Å². The summed E-state index contributed by atoms with van der Waals surface area (Å²) in [6.07, 6.45) is 1.56. The predicted molar refractivity (Wildman–Crippen MR) is 99.0 cm³/mol. The Morgan fingerprint density at radius 2 is 1.75 bits per heavy atom. The number of carbonyl (C=O) groups excluding carboxylic acids is 1. The molecule has 2 aromatic carbocycles. The SMILES string of the molecule is Cn1c(=O)oc2ncc(-c3ccc(NC(=O)c4c(F)cccc4F)cc3)cc21. The van der Waals surface area contributed by atoms with Gasteiger partial charge in [-0.25, -0.2) is 18.6 Å². The molecule has 0 aliphatic carbocycles. The lowest BCUT2D eigenvalue weighted by Crippen LogP contribution is -2.15. The first-order valence-electron chi connectivity index (χ1n) is 8.25. The van der Waals surface area contributed by atoms with E-state index in [9.17, 15) is 18.4 Å². The molecule has 1 amide bonds. The molecule has 0 radical (unpaired) electrons. The van der Waals surface area contributed by atoms with Gasteiger partial charge in [-0.3, -0.25) is 9.36 Å². The van der Waals surface area contributed by atoms with Crippen LogP contribution < -0.4 is 11.1 Å². The fourth-order valence-electron chi connectivity index (χ4n) is 2.82. The van der Waals surface area contributed by atoms with Crippen molar-refractivity contribution >= 4 is 22.8 Å². The number of halogens is 2. The normalized spacial score (nSPS) is 11.0. The number of aryl methyl sites for hydroxylation is 1. The molecule has 0 saturated heterocycles. The number of pyridine rings is 1. The number of oxazole rings is 1. The summed E-state index contributed by atoms with van der Waals surface area (Å²) < 4.78 is 33.8. The lowest BCUT2D eigenvalue weighted by Gasteiger charge is -2.08. The Hall–Kier alpha value is -3.81. The smallest absolute Gasteiger partial charge is 0.389 e. The summed E-state index contributed by atoms with van der Waals surface area (Å²) in [5, 5.41) is 2.47. The van der Waals surface area contributed by atoms with Crippen LogP contribution in [0.5, 0.6) is 0 Å². The van der Waals surface area contributed by atoms with Crippen LogP contribution >= 0.6 is 0 Å². The van der Waals surface area contributed by atoms with Crippen LogP contribution in [-0.4, -0.2) is 15.5 Å². The Bertz CT molecular complexity index is 1240. The van der Waals surface area contributed by atoms with E-state index in [4.69, 9.17) is 4.42 Å². The Kier molecular flexibility index (Phi) is 4.23. The Morgan fingerprint density at radius 3 is 2.43 bits per heavy atom. The van der Waals surface area contributed by atoms with Crippen LogP contribution in [0.3, 0.4) is 0 Å². The molecule has 2 heterocycles. The molecule has 0 aliphatic heterocycles. The largest absolute Gasteiger partial charge is 0.421 e. The fourth-order valence-corrected chi connectivity index (χ4v) is 2.82. The molecule has 0 atom stereocenters. The van der Waals surface area contributed by atoms with Crippen molar-refractivity contribution in [1.82, 2.24) is 9.55 Å². The second-order valence-corrected chi connectivity index (χ2v) is 6.10. The maximum atomic E-state index is 13.7. The number of hydrogen-bond donors (Lipinski definition) is 1. The Morgan fingerprint density at radius 1 is 1.07 bits per heavy atom. The molecule has 0 bridgehead atoms. The van der Waals surface area contributed by atoms with Crippen LogP contribution in [0.25, 0.3) is 22.4 Å². The van der Waals surface area contributed by atoms with E-state index in [1.807, 2.05) is 0 Å². The van der Waals surface area contributed by atoms with Crippen LogP contribution in [0.15, 0.2) is 63.9 Å². The standard InChI is InChI=1S/C20H13F2N3O3/c1-25-16-9-12(10-23-19(16)28-20(25)27)11-5-7-13(8-6-11)24-18(26)17-14(21)3-2-4-15(17)22/h2-10H,1H3,(H,24,26). The molecule has 0 fully saturated rings. The van der Waals surface area contributed by atoms with Gasteiger partial charge in [-0.05, 0) is 35.9 Å². The molecule has 6 nitrogen and oxygen atoms in total. The number of benzene rings is 2. The van der Waals surface area contributed by atoms with E-state index in [-0.39, 0.29) is 5.71 Å². The first kappa shape index (κ1) is 17.6. The quantitative estimate of drug-likeness (QED) is 0.587. The zero-order chi connectivity index (χ0) is 19.8. The second kappa shape index (κ2) is 6.73. The van der Waals surface area contributed by atoms with Gasteiger partial charge in [0, 0.05) is 24.5 Å². The third kappa shape index (κ3) is 3.05. The van der Waals surface area contributed by atoms with Crippen molar-refractivity contribution in [1.29, 1.82) is 0 Å². The number of anilines is 1. The summed E-state index contributed by atoms with van der Waals surface area (Å²) in [5.74, 6) is -3.24. The highest BCUT2D eigenvalue weighted by atomic mass is 19.1. The number of fused-ring (bicyclic) bond motifs is 1. The average Bonchev–Trinajstić information content (AvgIpc) is 2.96. The second-order valence-electron chi connectivity index (χ2n) is 6.10. The van der Waals surface area contributed by atoms with E-state index in [1.54, 1.807) is 43.6 Å². The monoisotopic (exact) mass is 381 g/mol. The lowest BCUT2D eigenvalue weighted by molar-refractivity contribution is 0.101. The van der Waals surface area contributed by atoms with Gasteiger partial charge in [-0.15, -0.1) is 0 Å². The molecule has 140 valence electrons. The lowest BCUT2D eigenvalue weighted by atomic mass is 10.1. The summed E-state index contributed by atoms with van der Waals surface area (Å²) in [4.78, 5) is 27.8. The molecule has 0 saturated carbocycles. The van der Waals surface area contributed by atoms with Gasteiger partial charge in [-0.1, -0.05) is 18.2 Å². The molecular weight excluding hydrogens is 368 g/mol. The van der Waals surface area contributed by atoms with Gasteiger partial charge in [0.25, 0.3) is 5.91 Å². The van der Waals surface area contributed by atoms with Gasteiger partial charge in [0.05, 0.1) is 0 Å². The van der Waals surface area contributed by atoms with Gasteiger partial charge in [0.1, 0.15) is 22.7 Å². The molecule has 2 aromatic heterocycles. The fraction of sp³-hybridized carbons (Fsp3) is 0.0500. The number of rotatable bonds is 3. The zero-order valence-electron chi connectivity index (χ0n) is 14.6. The van der Waals surface area contributed by atoms with Gasteiger partial charge in [0.15, 0.2) is 0 Å². The predicted octanol–water partition coefficient (Wildman–Crippen LogP) is 3.72. The summed E-state index contributed by atoms with van der Waals surface area (Å²) in [6.45, 7) is 0. The van der Waals surface area contributed by atoms with E-state index in [1.165, 1.54) is 10.6 Å². The number of carbonyl (C=O) groups is 1. The molecule has 1 N–H and O–H groups in total. The van der Waals surface area contributed by atoms with Gasteiger partial charge in [0.2, 0.25) is 5.71 Å².